The van der Waals surface area contributed by atoms with Gasteiger partial charge in [-0.05, 0) is 57.9 Å². The SMILES string of the molecule is CC(C)(C)OC(=O)N1CCC(n2cc(COc3ccc(S(C)(=O)=O)cc3)nn2)CC1. The maximum Gasteiger partial charge on any atom is 0.410 e. The normalized spacial score (nSPS) is 15.8. The Morgan fingerprint density at radius 2 is 1.80 bits per heavy atom. The summed E-state index contributed by atoms with van der Waals surface area (Å²) in [5.41, 5.74) is 0.177. The lowest BCUT2D eigenvalue weighted by Crippen LogP contribution is -2.42. The molecule has 0 radical (unpaired) electrons. The molecular formula is C20H28N4O5S. The summed E-state index contributed by atoms with van der Waals surface area (Å²) < 4.78 is 35.9. The van der Waals surface area contributed by atoms with Crippen LogP contribution in [0.2, 0.25) is 0 Å². The van der Waals surface area contributed by atoms with E-state index in [9.17, 15) is 13.2 Å². The molecule has 164 valence electrons. The van der Waals surface area contributed by atoms with Crippen molar-refractivity contribution < 1.29 is 22.7 Å². The van der Waals surface area contributed by atoms with E-state index in [1.807, 2.05) is 31.6 Å². The number of amides is 1. The molecule has 0 unspecified atom stereocenters. The van der Waals surface area contributed by atoms with Crippen LogP contribution in [0, 0.1) is 0 Å². The lowest BCUT2D eigenvalue weighted by molar-refractivity contribution is 0.0184. The number of piperidine rings is 1. The highest BCUT2D eigenvalue weighted by Gasteiger charge is 2.28. The number of likely N-dealkylation sites (tertiary alicyclic amines) is 1. The molecule has 10 heteroatoms. The van der Waals surface area contributed by atoms with Crippen LogP contribution in [0.1, 0.15) is 45.3 Å². The van der Waals surface area contributed by atoms with Crippen molar-refractivity contribution in [3.05, 3.63) is 36.2 Å². The molecular weight excluding hydrogens is 408 g/mol. The Labute approximate surface area is 176 Å². The van der Waals surface area contributed by atoms with E-state index in [0.717, 1.165) is 12.8 Å². The van der Waals surface area contributed by atoms with Gasteiger partial charge < -0.3 is 14.4 Å². The summed E-state index contributed by atoms with van der Waals surface area (Å²) >= 11 is 0. The first-order chi connectivity index (χ1) is 14.0. The molecule has 1 aliphatic heterocycles. The fourth-order valence-corrected chi connectivity index (χ4v) is 3.77. The predicted molar refractivity (Wildman–Crippen MR) is 110 cm³/mol. The van der Waals surface area contributed by atoms with Crippen LogP contribution in [0.4, 0.5) is 4.79 Å². The molecule has 1 saturated heterocycles. The number of benzene rings is 1. The average Bonchev–Trinajstić information content (AvgIpc) is 3.14. The number of ether oxygens (including phenoxy) is 2. The minimum atomic E-state index is -3.23. The van der Waals surface area contributed by atoms with Gasteiger partial charge in [-0.1, -0.05) is 5.21 Å². The standard InChI is InChI=1S/C20H28N4O5S/c1-20(2,3)29-19(25)23-11-9-16(10-12-23)24-13-15(21-22-24)14-28-17-5-7-18(8-6-17)30(4,26)27/h5-8,13,16H,9-12,14H2,1-4H3. The van der Waals surface area contributed by atoms with Crippen LogP contribution in [0.5, 0.6) is 5.75 Å². The van der Waals surface area contributed by atoms with Gasteiger partial charge in [0.15, 0.2) is 9.84 Å². The summed E-state index contributed by atoms with van der Waals surface area (Å²) in [4.78, 5) is 14.1. The van der Waals surface area contributed by atoms with Crippen molar-refractivity contribution in [2.24, 2.45) is 0 Å². The number of hydrogen-bond donors (Lipinski definition) is 0. The third-order valence-corrected chi connectivity index (χ3v) is 5.82. The first-order valence-electron chi connectivity index (χ1n) is 9.83. The first-order valence-corrected chi connectivity index (χ1v) is 11.7. The molecule has 0 atom stereocenters. The van der Waals surface area contributed by atoms with Crippen molar-refractivity contribution in [1.82, 2.24) is 19.9 Å². The highest BCUT2D eigenvalue weighted by Crippen LogP contribution is 2.23. The van der Waals surface area contributed by atoms with Crippen molar-refractivity contribution >= 4 is 15.9 Å². The molecule has 9 nitrogen and oxygen atoms in total. The van der Waals surface area contributed by atoms with Gasteiger partial charge in [0.25, 0.3) is 0 Å². The number of aromatic nitrogens is 3. The molecule has 1 aromatic heterocycles. The second kappa shape index (κ2) is 8.63. The van der Waals surface area contributed by atoms with E-state index in [1.54, 1.807) is 17.0 Å². The molecule has 0 aliphatic carbocycles. The molecule has 0 N–H and O–H groups in total. The third kappa shape index (κ3) is 5.94. The van der Waals surface area contributed by atoms with Crippen LogP contribution in [-0.4, -0.2) is 59.4 Å². The van der Waals surface area contributed by atoms with Gasteiger partial charge in [-0.3, -0.25) is 0 Å². The van der Waals surface area contributed by atoms with Crippen molar-refractivity contribution in [3.63, 3.8) is 0 Å². The Balaban J connectivity index is 1.50. The molecule has 2 heterocycles. The van der Waals surface area contributed by atoms with Gasteiger partial charge in [-0.25, -0.2) is 17.9 Å². The lowest BCUT2D eigenvalue weighted by Gasteiger charge is -2.33. The van der Waals surface area contributed by atoms with Crippen LogP contribution >= 0.6 is 0 Å². The fraction of sp³-hybridized carbons (Fsp3) is 0.550. The molecule has 0 spiro atoms. The van der Waals surface area contributed by atoms with Crippen LogP contribution in [-0.2, 0) is 21.2 Å². The molecule has 30 heavy (non-hydrogen) atoms. The first kappa shape index (κ1) is 22.1. The Kier molecular flexibility index (Phi) is 6.35. The smallest absolute Gasteiger partial charge is 0.410 e. The monoisotopic (exact) mass is 436 g/mol. The Morgan fingerprint density at radius 3 is 2.37 bits per heavy atom. The van der Waals surface area contributed by atoms with Crippen LogP contribution in [0.3, 0.4) is 0 Å². The van der Waals surface area contributed by atoms with Crippen LogP contribution in [0.25, 0.3) is 0 Å². The minimum absolute atomic E-state index is 0.166. The zero-order chi connectivity index (χ0) is 21.9. The highest BCUT2D eigenvalue weighted by atomic mass is 32.2. The van der Waals surface area contributed by atoms with Gasteiger partial charge in [0, 0.05) is 19.3 Å². The second-order valence-electron chi connectivity index (χ2n) is 8.42. The van der Waals surface area contributed by atoms with Crippen molar-refractivity contribution in [3.8, 4) is 5.75 Å². The summed E-state index contributed by atoms with van der Waals surface area (Å²) in [6, 6.07) is 6.43. The second-order valence-corrected chi connectivity index (χ2v) is 10.4. The van der Waals surface area contributed by atoms with Gasteiger partial charge in [0.2, 0.25) is 0 Å². The lowest BCUT2D eigenvalue weighted by atomic mass is 10.1. The van der Waals surface area contributed by atoms with E-state index < -0.39 is 15.4 Å². The van der Waals surface area contributed by atoms with Crippen molar-refractivity contribution in [1.29, 1.82) is 0 Å². The molecule has 1 fully saturated rings. The van der Waals surface area contributed by atoms with Gasteiger partial charge in [0.05, 0.1) is 17.1 Å². The number of carbonyl (C=O) groups is 1. The third-order valence-electron chi connectivity index (χ3n) is 4.69. The topological polar surface area (TPSA) is 104 Å². The molecule has 1 aromatic carbocycles. The average molecular weight is 437 g/mol. The fourth-order valence-electron chi connectivity index (χ4n) is 3.14. The molecule has 1 amide bonds. The number of carbonyl (C=O) groups excluding carboxylic acids is 1. The van der Waals surface area contributed by atoms with Crippen LogP contribution in [0.15, 0.2) is 35.4 Å². The van der Waals surface area contributed by atoms with Gasteiger partial charge in [-0.15, -0.1) is 5.10 Å². The van der Waals surface area contributed by atoms with Crippen LogP contribution < -0.4 is 4.74 Å². The Hall–Kier alpha value is -2.62. The van der Waals surface area contributed by atoms with E-state index >= 15 is 0 Å². The van der Waals surface area contributed by atoms with E-state index in [1.165, 1.54) is 18.4 Å². The van der Waals surface area contributed by atoms with Gasteiger partial charge in [-0.2, -0.15) is 0 Å². The largest absolute Gasteiger partial charge is 0.487 e. The number of hydrogen-bond acceptors (Lipinski definition) is 7. The van der Waals surface area contributed by atoms with Gasteiger partial charge in [0.1, 0.15) is 23.7 Å². The van der Waals surface area contributed by atoms with Crippen molar-refractivity contribution in [2.45, 2.75) is 56.8 Å². The highest BCUT2D eigenvalue weighted by molar-refractivity contribution is 7.90. The Bertz CT molecular complexity index is 971. The molecule has 2 aromatic rings. The zero-order valence-corrected chi connectivity index (χ0v) is 18.6. The molecule has 0 saturated carbocycles. The summed E-state index contributed by atoms with van der Waals surface area (Å²) in [6.07, 6.45) is 4.28. The van der Waals surface area contributed by atoms with E-state index in [-0.39, 0.29) is 23.6 Å². The van der Waals surface area contributed by atoms with Crippen molar-refractivity contribution in [2.75, 3.05) is 19.3 Å². The minimum Gasteiger partial charge on any atom is -0.487 e. The summed E-state index contributed by atoms with van der Waals surface area (Å²) in [5.74, 6) is 0.558. The number of rotatable bonds is 5. The molecule has 1 aliphatic rings. The summed E-state index contributed by atoms with van der Waals surface area (Å²) in [6.45, 7) is 7.02. The summed E-state index contributed by atoms with van der Waals surface area (Å²) in [5, 5.41) is 8.35. The Morgan fingerprint density at radius 1 is 1.17 bits per heavy atom. The molecule has 3 rings (SSSR count). The quantitative estimate of drug-likeness (QED) is 0.710. The van der Waals surface area contributed by atoms with E-state index in [0.29, 0.717) is 24.5 Å². The van der Waals surface area contributed by atoms with Gasteiger partial charge >= 0.3 is 6.09 Å². The van der Waals surface area contributed by atoms with E-state index in [2.05, 4.69) is 10.3 Å². The number of sulfone groups is 1. The maximum atomic E-state index is 12.2. The van der Waals surface area contributed by atoms with E-state index in [4.69, 9.17) is 9.47 Å². The molecule has 0 bridgehead atoms. The number of nitrogens with zero attached hydrogens (tertiary/aromatic N) is 4. The zero-order valence-electron chi connectivity index (χ0n) is 17.7. The predicted octanol–water partition coefficient (Wildman–Crippen LogP) is 2.83. The maximum absolute atomic E-state index is 12.2. The summed E-state index contributed by atoms with van der Waals surface area (Å²) in [7, 11) is -3.23.